The molecule has 0 amide bonds. The fourth-order valence-corrected chi connectivity index (χ4v) is 3.50. The Morgan fingerprint density at radius 1 is 0.958 bits per heavy atom. The molecule has 4 nitrogen and oxygen atoms in total. The zero-order valence-electron chi connectivity index (χ0n) is 13.2. The van der Waals surface area contributed by atoms with Crippen molar-refractivity contribution in [3.8, 4) is 0 Å². The van der Waals surface area contributed by atoms with Gasteiger partial charge in [0.15, 0.2) is 0 Å². The molecule has 0 atom stereocenters. The lowest BCUT2D eigenvalue weighted by Gasteiger charge is -2.08. The number of nitrogens with zero attached hydrogens (tertiary/aromatic N) is 3. The summed E-state index contributed by atoms with van der Waals surface area (Å²) in [4.78, 5) is 15.0. The van der Waals surface area contributed by atoms with Gasteiger partial charge in [0.05, 0.1) is 5.39 Å². The highest BCUT2D eigenvalue weighted by molar-refractivity contribution is 7.18. The molecule has 1 aromatic carbocycles. The number of aromatic nitrogens is 3. The number of rotatable bonds is 4. The Hall–Kier alpha value is -2.79. The molecule has 3 heterocycles. The van der Waals surface area contributed by atoms with E-state index in [9.17, 15) is 0 Å². The molecule has 0 saturated carbocycles. The number of pyridine rings is 1. The summed E-state index contributed by atoms with van der Waals surface area (Å²) in [6.07, 6.45) is 6.17. The van der Waals surface area contributed by atoms with E-state index in [1.165, 1.54) is 16.0 Å². The molecule has 3 aromatic heterocycles. The van der Waals surface area contributed by atoms with Gasteiger partial charge < -0.3 is 5.32 Å². The number of benzene rings is 1. The largest absolute Gasteiger partial charge is 0.340 e. The molecule has 0 unspecified atom stereocenters. The molecular weight excluding hydrogens is 316 g/mol. The van der Waals surface area contributed by atoms with E-state index in [1.54, 1.807) is 17.7 Å². The second kappa shape index (κ2) is 6.37. The molecular formula is C19H16N4S. The van der Waals surface area contributed by atoms with Gasteiger partial charge in [-0.1, -0.05) is 12.1 Å². The van der Waals surface area contributed by atoms with Crippen LogP contribution < -0.4 is 5.32 Å². The SMILES string of the molecule is Cc1cc2c(Nc3ccc(Cc4ccncc4)cc3)ncnc2s1. The smallest absolute Gasteiger partial charge is 0.142 e. The molecule has 5 heteroatoms. The summed E-state index contributed by atoms with van der Waals surface area (Å²) < 4.78 is 0. The Balaban J connectivity index is 1.54. The van der Waals surface area contributed by atoms with E-state index in [1.807, 2.05) is 24.5 Å². The van der Waals surface area contributed by atoms with Gasteiger partial charge in [-0.25, -0.2) is 9.97 Å². The van der Waals surface area contributed by atoms with Gasteiger partial charge in [-0.05, 0) is 54.8 Å². The standard InChI is InChI=1S/C19H16N4S/c1-13-10-17-18(21-12-22-19(17)24-13)23-16-4-2-14(3-5-16)11-15-6-8-20-9-7-15/h2-10,12H,11H2,1H3,(H,21,22,23). The van der Waals surface area contributed by atoms with Crippen LogP contribution in [0.1, 0.15) is 16.0 Å². The Labute approximate surface area is 144 Å². The number of anilines is 2. The van der Waals surface area contributed by atoms with Gasteiger partial charge in [-0.3, -0.25) is 4.98 Å². The Morgan fingerprint density at radius 2 is 1.71 bits per heavy atom. The molecule has 0 aliphatic heterocycles. The van der Waals surface area contributed by atoms with E-state index in [4.69, 9.17) is 0 Å². The highest BCUT2D eigenvalue weighted by atomic mass is 32.1. The predicted molar refractivity (Wildman–Crippen MR) is 98.9 cm³/mol. The van der Waals surface area contributed by atoms with Crippen molar-refractivity contribution in [3.05, 3.63) is 77.2 Å². The lowest BCUT2D eigenvalue weighted by atomic mass is 10.1. The van der Waals surface area contributed by atoms with E-state index >= 15 is 0 Å². The van der Waals surface area contributed by atoms with Gasteiger partial charge in [0.25, 0.3) is 0 Å². The summed E-state index contributed by atoms with van der Waals surface area (Å²) >= 11 is 1.68. The highest BCUT2D eigenvalue weighted by Crippen LogP contribution is 2.29. The molecule has 4 rings (SSSR count). The molecule has 4 aromatic rings. The van der Waals surface area contributed by atoms with Crippen molar-refractivity contribution in [1.29, 1.82) is 0 Å². The van der Waals surface area contributed by atoms with Crippen LogP contribution in [0.15, 0.2) is 61.2 Å². The van der Waals surface area contributed by atoms with Crippen LogP contribution in [0.25, 0.3) is 10.2 Å². The number of hydrogen-bond donors (Lipinski definition) is 1. The van der Waals surface area contributed by atoms with Gasteiger partial charge in [0.1, 0.15) is 17.0 Å². The monoisotopic (exact) mass is 332 g/mol. The summed E-state index contributed by atoms with van der Waals surface area (Å²) in [5, 5.41) is 4.47. The van der Waals surface area contributed by atoms with Crippen LogP contribution in [0.4, 0.5) is 11.5 Å². The number of thiophene rings is 1. The maximum atomic E-state index is 4.38. The zero-order chi connectivity index (χ0) is 16.4. The van der Waals surface area contributed by atoms with Gasteiger partial charge in [0, 0.05) is 23.0 Å². The quantitative estimate of drug-likeness (QED) is 0.587. The predicted octanol–water partition coefficient (Wildman–Crippen LogP) is 4.73. The third-order valence-corrected chi connectivity index (χ3v) is 4.79. The summed E-state index contributed by atoms with van der Waals surface area (Å²) in [6.45, 7) is 2.09. The molecule has 0 bridgehead atoms. The van der Waals surface area contributed by atoms with Crippen molar-refractivity contribution in [2.75, 3.05) is 5.32 Å². The van der Waals surface area contributed by atoms with Gasteiger partial charge >= 0.3 is 0 Å². The third kappa shape index (κ3) is 3.12. The Kier molecular flexibility index (Phi) is 3.92. The second-order valence-corrected chi connectivity index (χ2v) is 6.89. The average Bonchev–Trinajstić information content (AvgIpc) is 2.99. The van der Waals surface area contributed by atoms with Crippen molar-refractivity contribution in [2.24, 2.45) is 0 Å². The van der Waals surface area contributed by atoms with Crippen LogP contribution in [0.2, 0.25) is 0 Å². The first-order valence-electron chi connectivity index (χ1n) is 7.74. The van der Waals surface area contributed by atoms with Crippen LogP contribution in [-0.2, 0) is 6.42 Å². The van der Waals surface area contributed by atoms with Crippen LogP contribution in [0, 0.1) is 6.92 Å². The molecule has 0 aliphatic carbocycles. The second-order valence-electron chi connectivity index (χ2n) is 5.65. The van der Waals surface area contributed by atoms with Crippen LogP contribution in [0.5, 0.6) is 0 Å². The Morgan fingerprint density at radius 3 is 2.50 bits per heavy atom. The molecule has 24 heavy (non-hydrogen) atoms. The molecule has 1 N–H and O–H groups in total. The molecule has 118 valence electrons. The van der Waals surface area contributed by atoms with E-state index in [0.29, 0.717) is 0 Å². The molecule has 0 fully saturated rings. The third-order valence-electron chi connectivity index (χ3n) is 3.83. The minimum atomic E-state index is 0.853. The molecule has 0 spiro atoms. The van der Waals surface area contributed by atoms with Gasteiger partial charge in [-0.2, -0.15) is 0 Å². The number of hydrogen-bond acceptors (Lipinski definition) is 5. The lowest BCUT2D eigenvalue weighted by molar-refractivity contribution is 1.16. The number of nitrogens with one attached hydrogen (secondary N) is 1. The number of aryl methyl sites for hydroxylation is 1. The Bertz CT molecular complexity index is 962. The van der Waals surface area contributed by atoms with Crippen molar-refractivity contribution < 1.29 is 0 Å². The summed E-state index contributed by atoms with van der Waals surface area (Å²) in [5.74, 6) is 0.853. The average molecular weight is 332 g/mol. The summed E-state index contributed by atoms with van der Waals surface area (Å²) in [6, 6.07) is 14.7. The zero-order valence-corrected chi connectivity index (χ0v) is 14.0. The number of fused-ring (bicyclic) bond motifs is 1. The van der Waals surface area contributed by atoms with E-state index in [2.05, 4.69) is 57.5 Å². The van der Waals surface area contributed by atoms with Crippen molar-refractivity contribution >= 4 is 33.1 Å². The van der Waals surface area contributed by atoms with Gasteiger partial charge in [0.2, 0.25) is 0 Å². The van der Waals surface area contributed by atoms with Crippen LogP contribution in [-0.4, -0.2) is 15.0 Å². The van der Waals surface area contributed by atoms with Crippen LogP contribution in [0.3, 0.4) is 0 Å². The minimum absolute atomic E-state index is 0.853. The minimum Gasteiger partial charge on any atom is -0.340 e. The highest BCUT2D eigenvalue weighted by Gasteiger charge is 2.07. The fourth-order valence-electron chi connectivity index (χ4n) is 2.65. The molecule has 0 radical (unpaired) electrons. The topological polar surface area (TPSA) is 50.7 Å². The molecule has 0 saturated heterocycles. The lowest BCUT2D eigenvalue weighted by Crippen LogP contribution is -1.95. The first-order chi connectivity index (χ1) is 11.8. The molecule has 0 aliphatic rings. The maximum Gasteiger partial charge on any atom is 0.142 e. The fraction of sp³-hybridized carbons (Fsp3) is 0.105. The van der Waals surface area contributed by atoms with E-state index in [-0.39, 0.29) is 0 Å². The van der Waals surface area contributed by atoms with Crippen molar-refractivity contribution in [2.45, 2.75) is 13.3 Å². The maximum absolute atomic E-state index is 4.38. The van der Waals surface area contributed by atoms with Crippen molar-refractivity contribution in [1.82, 2.24) is 15.0 Å². The van der Waals surface area contributed by atoms with E-state index < -0.39 is 0 Å². The van der Waals surface area contributed by atoms with Gasteiger partial charge in [-0.15, -0.1) is 11.3 Å². The summed E-state index contributed by atoms with van der Waals surface area (Å²) in [5.41, 5.74) is 3.56. The normalized spacial score (nSPS) is 10.9. The first kappa shape index (κ1) is 14.8. The summed E-state index contributed by atoms with van der Waals surface area (Å²) in [7, 11) is 0. The van der Waals surface area contributed by atoms with Crippen molar-refractivity contribution in [3.63, 3.8) is 0 Å². The van der Waals surface area contributed by atoms with Crippen LogP contribution >= 0.6 is 11.3 Å². The first-order valence-corrected chi connectivity index (χ1v) is 8.55. The van der Waals surface area contributed by atoms with E-state index in [0.717, 1.165) is 28.1 Å².